The molecule has 161 valence electrons. The molecule has 0 aliphatic rings. The van der Waals surface area contributed by atoms with Gasteiger partial charge in [0.05, 0.1) is 17.1 Å². The first-order valence-corrected chi connectivity index (χ1v) is 9.99. The van der Waals surface area contributed by atoms with Gasteiger partial charge >= 0.3 is 17.1 Å². The Morgan fingerprint density at radius 3 is 1.20 bits per heavy atom. The first-order valence-electron chi connectivity index (χ1n) is 9.99. The number of nitrogens with zero attached hydrogens (tertiary/aromatic N) is 6. The van der Waals surface area contributed by atoms with Crippen molar-refractivity contribution < 1.29 is 17.1 Å². The van der Waals surface area contributed by atoms with Crippen LogP contribution in [-0.4, -0.2) is 29.3 Å². The van der Waals surface area contributed by atoms with Gasteiger partial charge in [0.1, 0.15) is 0 Å². The molecule has 0 spiro atoms. The van der Waals surface area contributed by atoms with Crippen molar-refractivity contribution in [2.75, 3.05) is 0 Å². The molecule has 0 saturated carbocycles. The second-order valence-corrected chi connectivity index (χ2v) is 7.75. The zero-order valence-corrected chi connectivity index (χ0v) is 19.9. The molecule has 0 saturated heterocycles. The summed E-state index contributed by atoms with van der Waals surface area (Å²) < 4.78 is 5.55. The summed E-state index contributed by atoms with van der Waals surface area (Å²) in [5.74, 6) is 1.11. The van der Waals surface area contributed by atoms with Crippen molar-refractivity contribution >= 4 is 0 Å². The fourth-order valence-corrected chi connectivity index (χ4v) is 2.59. The van der Waals surface area contributed by atoms with Gasteiger partial charge in [-0.3, -0.25) is 20.6 Å². The van der Waals surface area contributed by atoms with Gasteiger partial charge in [-0.15, -0.1) is 0 Å². The molecule has 0 aliphatic carbocycles. The molecular formula is C23H32MnN6. The van der Waals surface area contributed by atoms with E-state index in [2.05, 4.69) is 48.1 Å². The Morgan fingerprint density at radius 1 is 0.767 bits per heavy atom. The first-order chi connectivity index (χ1) is 13.8. The van der Waals surface area contributed by atoms with E-state index in [1.165, 1.54) is 12.2 Å². The van der Waals surface area contributed by atoms with E-state index in [0.717, 1.165) is 23.4 Å². The van der Waals surface area contributed by atoms with Crippen LogP contribution >= 0.6 is 0 Å². The standard InChI is InChI=1S/C19H27N6.C4H5.Mn/c1-13(2)16-7-10-23(20-16)19(24-11-8-17(21-24)14(3)4)25-12-9-18(22-25)15(5)6;1-3-4-2;/h7-15H,1-6H3;1,3-4H,2H2;/q2*-1;+2. The van der Waals surface area contributed by atoms with E-state index in [-0.39, 0.29) is 17.1 Å². The molecule has 0 fully saturated rings. The Hall–Kier alpha value is -2.50. The minimum Gasteiger partial charge on any atom is -0.293 e. The monoisotopic (exact) mass is 447 g/mol. The SMILES string of the molecule is CC(C)c1ccn([C-](n2ccc(C(C)C)n2)n2ccc(C(C)C)n2)n1.[CH-]=CC=C.[Mn+2]. The Morgan fingerprint density at radius 2 is 1.03 bits per heavy atom. The third-order valence-corrected chi connectivity index (χ3v) is 4.35. The molecule has 3 aromatic heterocycles. The van der Waals surface area contributed by atoms with Crippen LogP contribution in [0.15, 0.2) is 55.5 Å². The van der Waals surface area contributed by atoms with Gasteiger partial charge in [-0.05, 0) is 36.3 Å². The fraction of sp³-hybridized carbons (Fsp3) is 0.391. The fourth-order valence-electron chi connectivity index (χ4n) is 2.59. The summed E-state index contributed by atoms with van der Waals surface area (Å²) in [7, 11) is 0. The number of rotatable bonds is 7. The van der Waals surface area contributed by atoms with Crippen LogP contribution in [0.3, 0.4) is 0 Å². The minimum absolute atomic E-state index is 0. The molecule has 30 heavy (non-hydrogen) atoms. The van der Waals surface area contributed by atoms with Gasteiger partial charge in [0.15, 0.2) is 6.29 Å². The van der Waals surface area contributed by atoms with Crippen LogP contribution in [0.5, 0.6) is 0 Å². The molecular weight excluding hydrogens is 415 g/mol. The molecule has 0 atom stereocenters. The number of hydrogen-bond acceptors (Lipinski definition) is 3. The summed E-state index contributed by atoms with van der Waals surface area (Å²) in [6.07, 6.45) is 9.61. The summed E-state index contributed by atoms with van der Waals surface area (Å²) >= 11 is 0. The molecule has 0 aromatic carbocycles. The Labute approximate surface area is 191 Å². The average molecular weight is 447 g/mol. The van der Waals surface area contributed by atoms with E-state index >= 15 is 0 Å². The number of aromatic nitrogens is 6. The van der Waals surface area contributed by atoms with E-state index in [0.29, 0.717) is 17.8 Å². The summed E-state index contributed by atoms with van der Waals surface area (Å²) in [4.78, 5) is 0. The summed E-state index contributed by atoms with van der Waals surface area (Å²) in [6.45, 7) is 20.9. The van der Waals surface area contributed by atoms with Crippen molar-refractivity contribution in [3.8, 4) is 0 Å². The molecule has 3 aromatic rings. The first kappa shape index (κ1) is 25.5. The quantitative estimate of drug-likeness (QED) is 0.284. The van der Waals surface area contributed by atoms with Gasteiger partial charge < -0.3 is 0 Å². The molecule has 0 bridgehead atoms. The molecule has 0 aliphatic heterocycles. The van der Waals surface area contributed by atoms with Crippen LogP contribution in [0.2, 0.25) is 0 Å². The zero-order valence-electron chi connectivity index (χ0n) is 18.7. The summed E-state index contributed by atoms with van der Waals surface area (Å²) in [6, 6.07) is 6.14. The maximum atomic E-state index is 4.78. The van der Waals surface area contributed by atoms with Gasteiger partial charge in [-0.1, -0.05) is 59.7 Å². The smallest absolute Gasteiger partial charge is 0.293 e. The molecule has 0 unspecified atom stereocenters. The van der Waals surface area contributed by atoms with E-state index in [4.69, 9.17) is 21.9 Å². The maximum absolute atomic E-state index is 4.78. The number of allylic oxidation sites excluding steroid dienone is 2. The maximum Gasteiger partial charge on any atom is 2.00 e. The molecule has 1 radical (unpaired) electrons. The Balaban J connectivity index is 0.000000827. The van der Waals surface area contributed by atoms with E-state index in [1.807, 2.05) is 50.8 Å². The molecule has 3 heterocycles. The topological polar surface area (TPSA) is 53.5 Å². The van der Waals surface area contributed by atoms with Crippen molar-refractivity contribution in [2.24, 2.45) is 0 Å². The molecule has 3 rings (SSSR count). The summed E-state index contributed by atoms with van der Waals surface area (Å²) in [5, 5.41) is 14.2. The van der Waals surface area contributed by atoms with E-state index in [9.17, 15) is 0 Å². The summed E-state index contributed by atoms with van der Waals surface area (Å²) in [5.41, 5.74) is 3.14. The third kappa shape index (κ3) is 6.25. The predicted molar refractivity (Wildman–Crippen MR) is 117 cm³/mol. The van der Waals surface area contributed by atoms with Crippen molar-refractivity contribution in [2.45, 2.75) is 59.3 Å². The normalized spacial score (nSPS) is 10.6. The molecule has 0 amide bonds. The van der Waals surface area contributed by atoms with Gasteiger partial charge in [0.2, 0.25) is 0 Å². The van der Waals surface area contributed by atoms with Crippen LogP contribution in [-0.2, 0) is 17.1 Å². The second-order valence-electron chi connectivity index (χ2n) is 7.75. The van der Waals surface area contributed by atoms with Crippen molar-refractivity contribution in [3.63, 3.8) is 0 Å². The van der Waals surface area contributed by atoms with E-state index in [1.54, 1.807) is 0 Å². The van der Waals surface area contributed by atoms with Crippen LogP contribution in [0.25, 0.3) is 0 Å². The second kappa shape index (κ2) is 11.6. The largest absolute Gasteiger partial charge is 2.00 e. The van der Waals surface area contributed by atoms with Gasteiger partial charge in [0, 0.05) is 0 Å². The molecule has 7 heteroatoms. The van der Waals surface area contributed by atoms with Crippen molar-refractivity contribution in [1.82, 2.24) is 29.3 Å². The van der Waals surface area contributed by atoms with Crippen LogP contribution in [0.4, 0.5) is 0 Å². The van der Waals surface area contributed by atoms with Gasteiger partial charge in [-0.2, -0.15) is 21.9 Å². The Bertz CT molecular complexity index is 800. The molecule has 6 nitrogen and oxygen atoms in total. The minimum atomic E-state index is 0. The van der Waals surface area contributed by atoms with Crippen molar-refractivity contribution in [3.05, 3.63) is 85.5 Å². The van der Waals surface area contributed by atoms with Crippen LogP contribution in [0, 0.1) is 12.9 Å². The predicted octanol–water partition coefficient (Wildman–Crippen LogP) is 5.20. The van der Waals surface area contributed by atoms with Crippen LogP contribution in [0.1, 0.15) is 76.4 Å². The zero-order chi connectivity index (χ0) is 21.6. The molecule has 0 N–H and O–H groups in total. The van der Waals surface area contributed by atoms with Crippen LogP contribution < -0.4 is 0 Å². The van der Waals surface area contributed by atoms with E-state index < -0.39 is 0 Å². The Kier molecular flexibility index (Phi) is 9.90. The van der Waals surface area contributed by atoms with Gasteiger partial charge in [-0.25, -0.2) is 12.2 Å². The van der Waals surface area contributed by atoms with Gasteiger partial charge in [0.25, 0.3) is 0 Å². The van der Waals surface area contributed by atoms with Crippen molar-refractivity contribution in [1.29, 1.82) is 0 Å². The average Bonchev–Trinajstić information content (AvgIpc) is 3.43. The number of hydrogen-bond donors (Lipinski definition) is 0. The third-order valence-electron chi connectivity index (χ3n) is 4.35.